The summed E-state index contributed by atoms with van der Waals surface area (Å²) in [6, 6.07) is 7.57. The number of nitrogen functional groups attached to an aromatic ring is 1. The van der Waals surface area contributed by atoms with Gasteiger partial charge in [0, 0.05) is 23.6 Å². The summed E-state index contributed by atoms with van der Waals surface area (Å²) in [5, 5.41) is 10.8. The maximum absolute atomic E-state index is 14.3. The minimum atomic E-state index is -2.80. The van der Waals surface area contributed by atoms with Crippen molar-refractivity contribution in [2.75, 3.05) is 29.0 Å². The summed E-state index contributed by atoms with van der Waals surface area (Å²) in [5.41, 5.74) is 8.08. The van der Waals surface area contributed by atoms with Crippen LogP contribution in [0, 0.1) is 5.82 Å². The quantitative estimate of drug-likeness (QED) is 0.492. The van der Waals surface area contributed by atoms with Gasteiger partial charge in [0.05, 0.1) is 25.0 Å². The molecule has 0 atom stereocenters. The number of nitrogens with two attached hydrogens (primary N) is 1. The Labute approximate surface area is 179 Å². The van der Waals surface area contributed by atoms with Gasteiger partial charge in [0.15, 0.2) is 5.65 Å². The zero-order valence-electron chi connectivity index (χ0n) is 16.5. The Bertz CT molecular complexity index is 1320. The van der Waals surface area contributed by atoms with Crippen LogP contribution in [0.2, 0.25) is 0 Å². The van der Waals surface area contributed by atoms with E-state index in [9.17, 15) is 18.0 Å². The third-order valence-corrected chi connectivity index (χ3v) is 5.04. The summed E-state index contributed by atoms with van der Waals surface area (Å²) in [4.78, 5) is 17.7. The molecule has 0 saturated carbocycles. The second kappa shape index (κ2) is 7.25. The molecule has 0 unspecified atom stereocenters. The van der Waals surface area contributed by atoms with Gasteiger partial charge in [-0.15, -0.1) is 5.10 Å². The van der Waals surface area contributed by atoms with Gasteiger partial charge in [0.1, 0.15) is 12.4 Å². The first-order valence-corrected chi connectivity index (χ1v) is 9.63. The molecule has 164 valence electrons. The normalized spacial score (nSPS) is 15.0. The lowest BCUT2D eigenvalue weighted by atomic mass is 10.1. The minimum Gasteiger partial charge on any atom is -0.366 e. The molecule has 0 aliphatic carbocycles. The molecule has 0 radical (unpaired) electrons. The molecule has 12 heteroatoms. The summed E-state index contributed by atoms with van der Waals surface area (Å²) < 4.78 is 43.3. The van der Waals surface area contributed by atoms with Gasteiger partial charge in [0.25, 0.3) is 5.92 Å². The Morgan fingerprint density at radius 1 is 1.19 bits per heavy atom. The van der Waals surface area contributed by atoms with Crippen LogP contribution in [-0.4, -0.2) is 49.3 Å². The fraction of sp³-hybridized carbons (Fsp3) is 0.200. The number of amides is 1. The second-order valence-corrected chi connectivity index (χ2v) is 7.54. The number of nitrogens with zero attached hydrogens (tertiary/aromatic N) is 6. The monoisotopic (exact) mass is 442 g/mol. The highest BCUT2D eigenvalue weighted by Gasteiger charge is 2.44. The van der Waals surface area contributed by atoms with E-state index in [-0.39, 0.29) is 23.9 Å². The average Bonchev–Trinajstić information content (AvgIpc) is 3.31. The molecule has 5 rings (SSSR count). The Hall–Kier alpha value is -4.09. The summed E-state index contributed by atoms with van der Waals surface area (Å²) in [6.07, 6.45) is 5.02. The lowest BCUT2D eigenvalue weighted by molar-refractivity contribution is -0.116. The van der Waals surface area contributed by atoms with Crippen LogP contribution in [0.25, 0.3) is 16.8 Å². The number of carbonyl (C=O) groups is 1. The number of pyridine rings is 1. The predicted molar refractivity (Wildman–Crippen MR) is 111 cm³/mol. The number of nitrogens with one attached hydrogen (secondary N) is 1. The standard InChI is InChI=1S/C20H17F3N8O/c21-15-6-14(1-2-16(15)29-10-20(22,23)11-29)26-18(32)9-30-8-13(7-25-30)12-3-4-31-17(5-12)27-19(24)28-31/h1-8H,9-11H2,(H2,24,28)(H,26,32). The Kier molecular flexibility index (Phi) is 4.50. The van der Waals surface area contributed by atoms with E-state index in [2.05, 4.69) is 20.5 Å². The molecular weight excluding hydrogens is 425 g/mol. The van der Waals surface area contributed by atoms with Crippen molar-refractivity contribution in [3.8, 4) is 11.1 Å². The van der Waals surface area contributed by atoms with Crippen LogP contribution in [0.3, 0.4) is 0 Å². The molecular formula is C20H17F3N8O. The van der Waals surface area contributed by atoms with E-state index in [1.54, 1.807) is 29.2 Å². The molecule has 4 aromatic rings. The smallest absolute Gasteiger partial charge is 0.282 e. The fourth-order valence-corrected chi connectivity index (χ4v) is 3.55. The van der Waals surface area contributed by atoms with Crippen molar-refractivity contribution in [1.82, 2.24) is 24.4 Å². The van der Waals surface area contributed by atoms with E-state index in [1.165, 1.54) is 21.7 Å². The molecule has 3 N–H and O–H groups in total. The molecule has 1 amide bonds. The number of anilines is 3. The molecule has 9 nitrogen and oxygen atoms in total. The van der Waals surface area contributed by atoms with Crippen molar-refractivity contribution in [2.45, 2.75) is 12.5 Å². The molecule has 4 heterocycles. The molecule has 1 saturated heterocycles. The number of alkyl halides is 2. The lowest BCUT2D eigenvalue weighted by Gasteiger charge is -2.40. The SMILES string of the molecule is Nc1nc2cc(-c3cnn(CC(=O)Nc4ccc(N5CC(F)(F)C5)c(F)c4)c3)ccn2n1. The summed E-state index contributed by atoms with van der Waals surface area (Å²) >= 11 is 0. The highest BCUT2D eigenvalue weighted by molar-refractivity contribution is 5.90. The third kappa shape index (κ3) is 3.82. The Morgan fingerprint density at radius 2 is 2.00 bits per heavy atom. The Morgan fingerprint density at radius 3 is 2.75 bits per heavy atom. The van der Waals surface area contributed by atoms with Crippen LogP contribution < -0.4 is 16.0 Å². The highest BCUT2D eigenvalue weighted by atomic mass is 19.3. The first-order chi connectivity index (χ1) is 15.3. The minimum absolute atomic E-state index is 0.0806. The molecule has 32 heavy (non-hydrogen) atoms. The Balaban J connectivity index is 1.24. The second-order valence-electron chi connectivity index (χ2n) is 7.54. The van der Waals surface area contributed by atoms with Crippen LogP contribution in [0.15, 0.2) is 48.9 Å². The number of carbonyl (C=O) groups excluding carboxylic acids is 1. The van der Waals surface area contributed by atoms with Gasteiger partial charge < -0.3 is 16.0 Å². The van der Waals surface area contributed by atoms with Crippen LogP contribution in [0.5, 0.6) is 0 Å². The largest absolute Gasteiger partial charge is 0.366 e. The number of hydrogen-bond acceptors (Lipinski definition) is 6. The van der Waals surface area contributed by atoms with Gasteiger partial charge >= 0.3 is 0 Å². The number of hydrogen-bond donors (Lipinski definition) is 2. The van der Waals surface area contributed by atoms with Crippen molar-refractivity contribution < 1.29 is 18.0 Å². The molecule has 1 aliphatic rings. The van der Waals surface area contributed by atoms with Crippen molar-refractivity contribution in [1.29, 1.82) is 0 Å². The number of aromatic nitrogens is 5. The van der Waals surface area contributed by atoms with E-state index < -0.39 is 30.7 Å². The van der Waals surface area contributed by atoms with Crippen molar-refractivity contribution in [3.05, 3.63) is 54.7 Å². The first-order valence-electron chi connectivity index (χ1n) is 9.63. The number of rotatable bonds is 5. The summed E-state index contributed by atoms with van der Waals surface area (Å²) in [7, 11) is 0. The fourth-order valence-electron chi connectivity index (χ4n) is 3.55. The third-order valence-electron chi connectivity index (χ3n) is 5.04. The molecule has 3 aromatic heterocycles. The molecule has 0 bridgehead atoms. The zero-order valence-corrected chi connectivity index (χ0v) is 16.5. The topological polar surface area (TPSA) is 106 Å². The summed E-state index contributed by atoms with van der Waals surface area (Å²) in [6.45, 7) is -1.13. The van der Waals surface area contributed by atoms with Crippen molar-refractivity contribution in [3.63, 3.8) is 0 Å². The van der Waals surface area contributed by atoms with E-state index in [4.69, 9.17) is 5.73 Å². The van der Waals surface area contributed by atoms with Gasteiger partial charge in [-0.2, -0.15) is 10.1 Å². The van der Waals surface area contributed by atoms with Gasteiger partial charge in [-0.05, 0) is 35.9 Å². The molecule has 0 spiro atoms. The average molecular weight is 442 g/mol. The van der Waals surface area contributed by atoms with Crippen LogP contribution in [0.1, 0.15) is 0 Å². The zero-order chi connectivity index (χ0) is 22.5. The van der Waals surface area contributed by atoms with Gasteiger partial charge in [-0.1, -0.05) is 0 Å². The molecule has 1 fully saturated rings. The van der Waals surface area contributed by atoms with Gasteiger partial charge in [-0.3, -0.25) is 9.48 Å². The first kappa shape index (κ1) is 19.8. The van der Waals surface area contributed by atoms with E-state index in [1.807, 2.05) is 6.07 Å². The van der Waals surface area contributed by atoms with Crippen LogP contribution >= 0.6 is 0 Å². The van der Waals surface area contributed by atoms with Crippen LogP contribution in [-0.2, 0) is 11.3 Å². The summed E-state index contributed by atoms with van der Waals surface area (Å²) in [5.74, 6) is -3.72. The molecule has 1 aliphatic heterocycles. The number of benzene rings is 1. The maximum Gasteiger partial charge on any atom is 0.282 e. The number of fused-ring (bicyclic) bond motifs is 1. The van der Waals surface area contributed by atoms with E-state index >= 15 is 0 Å². The molecule has 1 aromatic carbocycles. The predicted octanol–water partition coefficient (Wildman–Crippen LogP) is 2.41. The maximum atomic E-state index is 14.3. The van der Waals surface area contributed by atoms with Gasteiger partial charge in [-0.25, -0.2) is 17.7 Å². The van der Waals surface area contributed by atoms with Crippen LogP contribution in [0.4, 0.5) is 30.5 Å². The lowest BCUT2D eigenvalue weighted by Crippen LogP contribution is -2.56. The van der Waals surface area contributed by atoms with Crippen molar-refractivity contribution in [2.24, 2.45) is 0 Å². The van der Waals surface area contributed by atoms with E-state index in [0.717, 1.165) is 17.2 Å². The number of halogens is 3. The van der Waals surface area contributed by atoms with Gasteiger partial charge in [0.2, 0.25) is 11.9 Å². The van der Waals surface area contributed by atoms with Crippen molar-refractivity contribution >= 4 is 28.9 Å². The highest BCUT2D eigenvalue weighted by Crippen LogP contribution is 2.34. The van der Waals surface area contributed by atoms with E-state index in [0.29, 0.717) is 5.65 Å².